The Labute approximate surface area is 322 Å². The number of pyridine rings is 5. The van der Waals surface area contributed by atoms with Crippen LogP contribution in [0.2, 0.25) is 0 Å². The van der Waals surface area contributed by atoms with E-state index in [0.717, 1.165) is 22.8 Å². The van der Waals surface area contributed by atoms with Crippen molar-refractivity contribution in [1.29, 1.82) is 0 Å². The zero-order valence-electron chi connectivity index (χ0n) is 35.0. The molecule has 294 valence electrons. The fourth-order valence-electron chi connectivity index (χ4n) is 4.20. The van der Waals surface area contributed by atoms with Crippen molar-refractivity contribution in [2.75, 3.05) is 0 Å². The highest BCUT2D eigenvalue weighted by molar-refractivity contribution is 5.17. The predicted octanol–water partition coefficient (Wildman–Crippen LogP) is 12.5. The van der Waals surface area contributed by atoms with Gasteiger partial charge in [0.2, 0.25) is 5.95 Å². The van der Waals surface area contributed by atoms with Gasteiger partial charge in [-0.1, -0.05) is 116 Å². The number of aromatic nitrogens is 5. The van der Waals surface area contributed by atoms with E-state index in [9.17, 15) is 17.6 Å². The summed E-state index contributed by atoms with van der Waals surface area (Å²) in [5, 5.41) is 0. The first-order valence-electron chi connectivity index (χ1n) is 18.0. The van der Waals surface area contributed by atoms with Gasteiger partial charge in [-0.25, -0.2) is 18.2 Å². The van der Waals surface area contributed by atoms with Gasteiger partial charge in [-0.05, 0) is 60.7 Å². The Morgan fingerprint density at radius 3 is 1.26 bits per heavy atom. The van der Waals surface area contributed by atoms with Gasteiger partial charge in [-0.3, -0.25) is 19.9 Å². The molecule has 0 aromatic carbocycles. The average molecular weight is 748 g/mol. The highest BCUT2D eigenvalue weighted by Gasteiger charge is 2.19. The van der Waals surface area contributed by atoms with Gasteiger partial charge in [-0.2, -0.15) is 4.39 Å². The van der Waals surface area contributed by atoms with E-state index >= 15 is 0 Å². The molecule has 0 amide bonds. The number of nitrogens with zero attached hydrogens (tertiary/aromatic N) is 5. The van der Waals surface area contributed by atoms with Crippen LogP contribution in [0.3, 0.4) is 0 Å². The molecule has 0 spiro atoms. The molecule has 5 nitrogen and oxygen atoms in total. The van der Waals surface area contributed by atoms with Gasteiger partial charge in [0, 0.05) is 68.4 Å². The number of halogens is 4. The zero-order chi connectivity index (χ0) is 41.5. The second kappa shape index (κ2) is 20.2. The second-order valence-corrected chi connectivity index (χ2v) is 17.9. The van der Waals surface area contributed by atoms with Crippen LogP contribution in [-0.2, 0) is 27.1 Å². The summed E-state index contributed by atoms with van der Waals surface area (Å²) in [7, 11) is 0. The molecule has 5 heterocycles. The topological polar surface area (TPSA) is 64.5 Å². The van der Waals surface area contributed by atoms with Crippen LogP contribution in [0.15, 0.2) is 97.6 Å². The van der Waals surface area contributed by atoms with Gasteiger partial charge in [0.15, 0.2) is 0 Å². The lowest BCUT2D eigenvalue weighted by molar-refractivity contribution is 0.503. The van der Waals surface area contributed by atoms with Crippen LogP contribution in [0.1, 0.15) is 132 Å². The maximum Gasteiger partial charge on any atom is 0.213 e. The fourth-order valence-corrected chi connectivity index (χ4v) is 4.20. The second-order valence-electron chi connectivity index (χ2n) is 17.9. The van der Waals surface area contributed by atoms with Crippen LogP contribution < -0.4 is 0 Å². The van der Waals surface area contributed by atoms with Crippen molar-refractivity contribution >= 4 is 0 Å². The summed E-state index contributed by atoms with van der Waals surface area (Å²) in [6.07, 6.45) is 6.20. The normalized spacial score (nSPS) is 11.6. The van der Waals surface area contributed by atoms with Crippen molar-refractivity contribution in [1.82, 2.24) is 24.9 Å². The maximum atomic E-state index is 13.0. The molecule has 0 saturated heterocycles. The van der Waals surface area contributed by atoms with Crippen LogP contribution in [0.5, 0.6) is 0 Å². The van der Waals surface area contributed by atoms with Crippen molar-refractivity contribution in [2.45, 2.75) is 131 Å². The molecule has 0 atom stereocenters. The number of hydrogen-bond donors (Lipinski definition) is 0. The smallest absolute Gasteiger partial charge is 0.213 e. The van der Waals surface area contributed by atoms with E-state index in [1.807, 2.05) is 107 Å². The van der Waals surface area contributed by atoms with Gasteiger partial charge in [0.05, 0.1) is 11.9 Å². The summed E-state index contributed by atoms with van der Waals surface area (Å²) in [4.78, 5) is 20.0. The molecule has 9 heteroatoms. The largest absolute Gasteiger partial charge is 0.261 e. The van der Waals surface area contributed by atoms with Crippen molar-refractivity contribution in [3.63, 3.8) is 0 Å². The fraction of sp³-hybridized carbons (Fsp3) is 0.444. The summed E-state index contributed by atoms with van der Waals surface area (Å²) in [5.74, 6) is -1.12. The molecular weight excluding hydrogens is 687 g/mol. The Morgan fingerprint density at radius 2 is 0.907 bits per heavy atom. The molecule has 0 bridgehead atoms. The molecule has 0 aliphatic carbocycles. The third kappa shape index (κ3) is 18.5. The highest BCUT2D eigenvalue weighted by Crippen LogP contribution is 2.23. The molecule has 0 aliphatic heterocycles. The quantitative estimate of drug-likeness (QED) is 0.117. The Bertz CT molecular complexity index is 1750. The molecule has 5 aromatic rings. The number of rotatable bonds is 0. The van der Waals surface area contributed by atoms with Crippen LogP contribution >= 0.6 is 0 Å². The summed E-state index contributed by atoms with van der Waals surface area (Å²) >= 11 is 0. The Balaban J connectivity index is 0.000000338. The van der Waals surface area contributed by atoms with E-state index in [2.05, 4.69) is 51.8 Å². The van der Waals surface area contributed by atoms with Gasteiger partial charge in [0.1, 0.15) is 17.5 Å². The zero-order valence-corrected chi connectivity index (χ0v) is 35.0. The van der Waals surface area contributed by atoms with E-state index < -0.39 is 5.95 Å². The Hall–Kier alpha value is -4.53. The molecule has 0 aliphatic rings. The molecular formula is C45H61F4N5. The van der Waals surface area contributed by atoms with Crippen molar-refractivity contribution in [2.24, 2.45) is 0 Å². The van der Waals surface area contributed by atoms with Crippen LogP contribution in [-0.4, -0.2) is 24.9 Å². The van der Waals surface area contributed by atoms with Gasteiger partial charge in [-0.15, -0.1) is 0 Å². The third-order valence-corrected chi connectivity index (χ3v) is 7.37. The number of hydrogen-bond acceptors (Lipinski definition) is 5. The molecule has 5 aromatic heterocycles. The first kappa shape index (κ1) is 47.5. The molecule has 0 saturated carbocycles. The van der Waals surface area contributed by atoms with Gasteiger partial charge >= 0.3 is 0 Å². The molecule has 0 fully saturated rings. The standard InChI is InChI=1S/4C9H12FN.C9H13N/c1-9(2,3)8-6-7(10)4-5-11-8;1-9(2,3)8-5-4-7(10)6-11-8;1-9(2,3)8-7(10)5-4-6-11-8;1-9(2,3)7-5-4-6-8(10)11-7;1-9(2,3)8-6-4-5-7-10-8/h4*4-6H,1-3H3;4-7H,1-3H3. The molecule has 0 N–H and O–H groups in total. The maximum absolute atomic E-state index is 13.0. The van der Waals surface area contributed by atoms with E-state index in [0.29, 0.717) is 5.69 Å². The van der Waals surface area contributed by atoms with E-state index in [1.165, 1.54) is 42.7 Å². The van der Waals surface area contributed by atoms with Gasteiger partial charge < -0.3 is 0 Å². The van der Waals surface area contributed by atoms with Crippen molar-refractivity contribution in [3.05, 3.63) is 149 Å². The predicted molar refractivity (Wildman–Crippen MR) is 215 cm³/mol. The molecule has 0 radical (unpaired) electrons. The minimum Gasteiger partial charge on any atom is -0.261 e. The van der Waals surface area contributed by atoms with E-state index in [-0.39, 0.29) is 44.5 Å². The van der Waals surface area contributed by atoms with Crippen LogP contribution in [0.4, 0.5) is 17.6 Å². The van der Waals surface area contributed by atoms with Crippen molar-refractivity contribution in [3.8, 4) is 0 Å². The average Bonchev–Trinajstić information content (AvgIpc) is 3.05. The molecule has 54 heavy (non-hydrogen) atoms. The Kier molecular flexibility index (Phi) is 17.8. The summed E-state index contributed by atoms with van der Waals surface area (Å²) in [6, 6.07) is 19.9. The molecule has 5 rings (SSSR count). The highest BCUT2D eigenvalue weighted by atomic mass is 19.1. The van der Waals surface area contributed by atoms with E-state index in [1.54, 1.807) is 24.4 Å². The minimum atomic E-state index is -0.405. The Morgan fingerprint density at radius 1 is 0.389 bits per heavy atom. The summed E-state index contributed by atoms with van der Waals surface area (Å²) in [6.45, 7) is 30.5. The van der Waals surface area contributed by atoms with Crippen LogP contribution in [0, 0.1) is 23.4 Å². The third-order valence-electron chi connectivity index (χ3n) is 7.37. The first-order valence-corrected chi connectivity index (χ1v) is 18.0. The first-order chi connectivity index (χ1) is 24.6. The van der Waals surface area contributed by atoms with E-state index in [4.69, 9.17) is 0 Å². The SMILES string of the molecule is CC(C)(C)c1cc(F)ccn1.CC(C)(C)c1ccc(F)cn1.CC(C)(C)c1cccc(F)n1.CC(C)(C)c1ccccn1.CC(C)(C)c1ncccc1F. The van der Waals surface area contributed by atoms with Crippen LogP contribution in [0.25, 0.3) is 0 Å². The monoisotopic (exact) mass is 747 g/mol. The summed E-state index contributed by atoms with van der Waals surface area (Å²) in [5.41, 5.74) is 4.02. The summed E-state index contributed by atoms with van der Waals surface area (Å²) < 4.78 is 50.7. The minimum absolute atomic E-state index is 0.00764. The molecule has 0 unspecified atom stereocenters. The lowest BCUT2D eigenvalue weighted by Crippen LogP contribution is -2.15. The van der Waals surface area contributed by atoms with Gasteiger partial charge in [0.25, 0.3) is 0 Å². The lowest BCUT2D eigenvalue weighted by atomic mass is 9.91. The lowest BCUT2D eigenvalue weighted by Gasteiger charge is -2.17. The van der Waals surface area contributed by atoms with Crippen molar-refractivity contribution < 1.29 is 17.6 Å².